The molecule has 0 fully saturated rings. The molecule has 1 unspecified atom stereocenters. The molecule has 5 nitrogen and oxygen atoms in total. The molecule has 2 aromatic carbocycles. The first kappa shape index (κ1) is 20.9. The molecule has 0 saturated heterocycles. The van der Waals surface area contributed by atoms with Gasteiger partial charge in [0.2, 0.25) is 0 Å². The van der Waals surface area contributed by atoms with E-state index in [1.807, 2.05) is 24.3 Å². The zero-order valence-electron chi connectivity index (χ0n) is 15.0. The third-order valence-corrected chi connectivity index (χ3v) is 4.96. The van der Waals surface area contributed by atoms with Crippen LogP contribution in [0.1, 0.15) is 22.9 Å². The third-order valence-electron chi connectivity index (χ3n) is 4.51. The van der Waals surface area contributed by atoms with Crippen molar-refractivity contribution in [2.24, 2.45) is 5.73 Å². The largest absolute Gasteiger partial charge is 0.356 e. The molecule has 2 heterocycles. The average molecular weight is 474 g/mol. The van der Waals surface area contributed by atoms with Crippen molar-refractivity contribution in [3.63, 3.8) is 0 Å². The lowest BCUT2D eigenvalue weighted by Crippen LogP contribution is -2.16. The second kappa shape index (κ2) is 8.70. The highest BCUT2D eigenvalue weighted by Gasteiger charge is 2.19. The van der Waals surface area contributed by atoms with Crippen molar-refractivity contribution in [1.29, 1.82) is 5.26 Å². The topological polar surface area (TPSA) is 88.7 Å². The summed E-state index contributed by atoms with van der Waals surface area (Å²) in [5.74, 6) is -0.396. The lowest BCUT2D eigenvalue weighted by molar-refractivity contribution is 0.459. The van der Waals surface area contributed by atoms with Crippen LogP contribution in [0, 0.1) is 17.1 Å². The van der Waals surface area contributed by atoms with Gasteiger partial charge in [-0.15, -0.1) is 12.4 Å². The first-order valence-electron chi connectivity index (χ1n) is 8.52. The van der Waals surface area contributed by atoms with Gasteiger partial charge in [-0.1, -0.05) is 29.4 Å². The number of aromatic nitrogens is 2. The average Bonchev–Trinajstić information content (AvgIpc) is 3.13. The van der Waals surface area contributed by atoms with E-state index in [0.29, 0.717) is 27.1 Å². The van der Waals surface area contributed by atoms with E-state index < -0.39 is 11.9 Å². The standard InChI is InChI=1S/C21H14BrFN4O.ClH/c22-20-8-7-16(23)18(26-20)10-17(25)13-3-1-2-4-14(13)21-15-6-5-12(11-24)9-19(15)28-27-21;/h1-9,17H,10,25H2;1H. The van der Waals surface area contributed by atoms with Crippen molar-refractivity contribution >= 4 is 39.3 Å². The van der Waals surface area contributed by atoms with Crippen molar-refractivity contribution in [3.05, 3.63) is 81.8 Å². The molecule has 4 rings (SSSR count). The molecule has 0 aliphatic carbocycles. The van der Waals surface area contributed by atoms with E-state index >= 15 is 0 Å². The number of hydrogen-bond acceptors (Lipinski definition) is 5. The molecule has 0 aliphatic rings. The molecule has 146 valence electrons. The number of halogens is 3. The molecule has 0 amide bonds. The molecule has 1 atom stereocenters. The van der Waals surface area contributed by atoms with Crippen LogP contribution in [0.2, 0.25) is 0 Å². The monoisotopic (exact) mass is 472 g/mol. The van der Waals surface area contributed by atoms with E-state index in [0.717, 1.165) is 16.5 Å². The van der Waals surface area contributed by atoms with Gasteiger partial charge in [0.15, 0.2) is 5.58 Å². The van der Waals surface area contributed by atoms with Crippen LogP contribution in [0.15, 0.2) is 63.7 Å². The zero-order chi connectivity index (χ0) is 19.7. The van der Waals surface area contributed by atoms with Gasteiger partial charge in [-0.3, -0.25) is 0 Å². The third kappa shape index (κ3) is 4.15. The van der Waals surface area contributed by atoms with Crippen molar-refractivity contribution in [2.45, 2.75) is 12.5 Å². The van der Waals surface area contributed by atoms with Crippen LogP contribution in [0.3, 0.4) is 0 Å². The van der Waals surface area contributed by atoms with E-state index in [2.05, 4.69) is 32.1 Å². The smallest absolute Gasteiger partial charge is 0.168 e. The normalized spacial score (nSPS) is 11.7. The summed E-state index contributed by atoms with van der Waals surface area (Å²) in [5.41, 5.74) is 9.97. The Hall–Kier alpha value is -2.79. The highest BCUT2D eigenvalue weighted by atomic mass is 79.9. The number of rotatable bonds is 4. The maximum atomic E-state index is 14.1. The molecule has 2 N–H and O–H groups in total. The highest BCUT2D eigenvalue weighted by Crippen LogP contribution is 2.33. The lowest BCUT2D eigenvalue weighted by Gasteiger charge is -2.16. The molecule has 0 bridgehead atoms. The fraction of sp³-hybridized carbons (Fsp3) is 0.0952. The number of hydrogen-bond donors (Lipinski definition) is 1. The number of benzene rings is 2. The summed E-state index contributed by atoms with van der Waals surface area (Å²) in [7, 11) is 0. The fourth-order valence-electron chi connectivity index (χ4n) is 3.16. The molecule has 8 heteroatoms. The van der Waals surface area contributed by atoms with Crippen molar-refractivity contribution < 1.29 is 8.91 Å². The summed E-state index contributed by atoms with van der Waals surface area (Å²) in [6, 6.07) is 17.2. The molecule has 0 spiro atoms. The van der Waals surface area contributed by atoms with E-state index in [1.54, 1.807) is 24.3 Å². The van der Waals surface area contributed by atoms with Gasteiger partial charge in [0.25, 0.3) is 0 Å². The Morgan fingerprint density at radius 3 is 2.76 bits per heavy atom. The van der Waals surface area contributed by atoms with Gasteiger partial charge in [0.05, 0.1) is 17.3 Å². The minimum Gasteiger partial charge on any atom is -0.356 e. The number of nitrogens with zero attached hydrogens (tertiary/aromatic N) is 3. The number of nitrogens with two attached hydrogens (primary N) is 1. The molecule has 0 aliphatic heterocycles. The summed E-state index contributed by atoms with van der Waals surface area (Å²) in [4.78, 5) is 4.20. The number of pyridine rings is 1. The van der Waals surface area contributed by atoms with E-state index in [-0.39, 0.29) is 18.8 Å². The Bertz CT molecular complexity index is 1220. The SMILES string of the molecule is Cl.N#Cc1ccc2c(-c3ccccc3C(N)Cc3nc(Br)ccc3F)noc2c1. The summed E-state index contributed by atoms with van der Waals surface area (Å²) in [6.07, 6.45) is 0.233. The minimum absolute atomic E-state index is 0. The maximum Gasteiger partial charge on any atom is 0.168 e. The van der Waals surface area contributed by atoms with Crippen molar-refractivity contribution in [3.8, 4) is 17.3 Å². The van der Waals surface area contributed by atoms with E-state index in [1.165, 1.54) is 6.07 Å². The second-order valence-corrected chi connectivity index (χ2v) is 7.13. The van der Waals surface area contributed by atoms with Crippen LogP contribution in [0.5, 0.6) is 0 Å². The van der Waals surface area contributed by atoms with Crippen LogP contribution in [-0.2, 0) is 6.42 Å². The molecular weight excluding hydrogens is 459 g/mol. The van der Waals surface area contributed by atoms with Gasteiger partial charge in [-0.2, -0.15) is 5.26 Å². The minimum atomic E-state index is -0.488. The quantitative estimate of drug-likeness (QED) is 0.405. The van der Waals surface area contributed by atoms with Gasteiger partial charge in [-0.25, -0.2) is 9.37 Å². The molecular formula is C21H15BrClFN4O. The van der Waals surface area contributed by atoms with E-state index in [9.17, 15) is 4.39 Å². The van der Waals surface area contributed by atoms with Gasteiger partial charge < -0.3 is 10.3 Å². The van der Waals surface area contributed by atoms with Crippen LogP contribution in [0.4, 0.5) is 4.39 Å². The maximum absolute atomic E-state index is 14.1. The first-order chi connectivity index (χ1) is 13.6. The lowest BCUT2D eigenvalue weighted by atomic mass is 9.94. The Kier molecular flexibility index (Phi) is 6.28. The highest BCUT2D eigenvalue weighted by molar-refractivity contribution is 9.10. The molecule has 0 saturated carbocycles. The van der Waals surface area contributed by atoms with Crippen LogP contribution in [0.25, 0.3) is 22.2 Å². The summed E-state index contributed by atoms with van der Waals surface area (Å²) >= 11 is 3.26. The predicted molar refractivity (Wildman–Crippen MR) is 114 cm³/mol. The van der Waals surface area contributed by atoms with Crippen LogP contribution < -0.4 is 5.73 Å². The fourth-order valence-corrected chi connectivity index (χ4v) is 3.50. The Labute approximate surface area is 180 Å². The molecule has 0 radical (unpaired) electrons. The Balaban J connectivity index is 0.00000240. The summed E-state index contributed by atoms with van der Waals surface area (Å²) in [6.45, 7) is 0. The van der Waals surface area contributed by atoms with Gasteiger partial charge in [-0.05, 0) is 45.8 Å². The number of nitriles is 1. The molecule has 2 aromatic heterocycles. The Morgan fingerprint density at radius 2 is 1.97 bits per heavy atom. The van der Waals surface area contributed by atoms with E-state index in [4.69, 9.17) is 15.5 Å². The summed E-state index contributed by atoms with van der Waals surface area (Å²) in [5, 5.41) is 14.0. The summed E-state index contributed by atoms with van der Waals surface area (Å²) < 4.78 is 20.1. The van der Waals surface area contributed by atoms with Crippen LogP contribution >= 0.6 is 28.3 Å². The predicted octanol–water partition coefficient (Wildman–Crippen LogP) is 5.33. The van der Waals surface area contributed by atoms with Gasteiger partial charge in [0.1, 0.15) is 16.1 Å². The Morgan fingerprint density at radius 1 is 1.17 bits per heavy atom. The van der Waals surface area contributed by atoms with Gasteiger partial charge in [0, 0.05) is 29.5 Å². The second-order valence-electron chi connectivity index (χ2n) is 6.31. The van der Waals surface area contributed by atoms with Crippen molar-refractivity contribution in [1.82, 2.24) is 10.1 Å². The molecule has 4 aromatic rings. The number of fused-ring (bicyclic) bond motifs is 1. The molecule has 29 heavy (non-hydrogen) atoms. The first-order valence-corrected chi connectivity index (χ1v) is 9.31. The zero-order valence-corrected chi connectivity index (χ0v) is 17.4. The van der Waals surface area contributed by atoms with Crippen molar-refractivity contribution in [2.75, 3.05) is 0 Å². The van der Waals surface area contributed by atoms with Crippen LogP contribution in [-0.4, -0.2) is 10.1 Å². The van der Waals surface area contributed by atoms with Gasteiger partial charge >= 0.3 is 0 Å².